The van der Waals surface area contributed by atoms with Crippen LogP contribution in [0.4, 0.5) is 13.2 Å². The van der Waals surface area contributed by atoms with E-state index in [1.54, 1.807) is 31.1 Å². The number of hydrogen-bond acceptors (Lipinski definition) is 5. The van der Waals surface area contributed by atoms with Crippen LogP contribution >= 0.6 is 0 Å². The predicted molar refractivity (Wildman–Crippen MR) is 118 cm³/mol. The lowest BCUT2D eigenvalue weighted by molar-refractivity contribution is -0.137. The third-order valence-electron chi connectivity index (χ3n) is 5.96. The van der Waals surface area contributed by atoms with Crippen LogP contribution in [0.2, 0.25) is 0 Å². The van der Waals surface area contributed by atoms with Crippen LogP contribution in [0.1, 0.15) is 40.9 Å². The zero-order chi connectivity index (χ0) is 24.3. The van der Waals surface area contributed by atoms with Crippen molar-refractivity contribution in [1.82, 2.24) is 24.6 Å². The summed E-state index contributed by atoms with van der Waals surface area (Å²) in [6.45, 7) is 5.17. The van der Waals surface area contributed by atoms with Crippen LogP contribution in [0.5, 0.6) is 0 Å². The molecule has 1 atom stereocenters. The molecule has 0 aromatic carbocycles. The Balaban J connectivity index is 1.55. The van der Waals surface area contributed by atoms with Gasteiger partial charge in [0.1, 0.15) is 0 Å². The molecule has 1 fully saturated rings. The summed E-state index contributed by atoms with van der Waals surface area (Å²) < 4.78 is 45.8. The molecule has 180 valence electrons. The molecule has 4 rings (SSSR count). The average molecular weight is 473 g/mol. The minimum Gasteiger partial charge on any atom is -0.376 e. The second-order valence-corrected chi connectivity index (χ2v) is 8.41. The van der Waals surface area contributed by atoms with Crippen molar-refractivity contribution in [3.8, 4) is 5.82 Å². The maximum absolute atomic E-state index is 13.4. The Morgan fingerprint density at radius 3 is 2.68 bits per heavy atom. The zero-order valence-corrected chi connectivity index (χ0v) is 19.0. The lowest BCUT2D eigenvalue weighted by Crippen LogP contribution is -2.38. The van der Waals surface area contributed by atoms with Gasteiger partial charge in [0.25, 0.3) is 0 Å². The van der Waals surface area contributed by atoms with E-state index in [9.17, 15) is 18.0 Å². The molecule has 0 unspecified atom stereocenters. The molecule has 7 nitrogen and oxygen atoms in total. The summed E-state index contributed by atoms with van der Waals surface area (Å²) in [6.07, 6.45) is 1.75. The molecule has 0 bridgehead atoms. The number of carbonyl (C=O) groups excluding carboxylic acids is 1. The molecular formula is C24H26F3N5O2. The average Bonchev–Trinajstić information content (AvgIpc) is 3.42. The zero-order valence-electron chi connectivity index (χ0n) is 19.0. The first-order chi connectivity index (χ1) is 16.2. The third-order valence-corrected chi connectivity index (χ3v) is 5.96. The number of hydrogen-bond donors (Lipinski definition) is 0. The number of alkyl halides is 3. The number of rotatable bonds is 7. The molecule has 10 heteroatoms. The van der Waals surface area contributed by atoms with E-state index in [1.165, 1.54) is 10.7 Å². The van der Waals surface area contributed by atoms with E-state index < -0.39 is 11.7 Å². The van der Waals surface area contributed by atoms with Crippen molar-refractivity contribution in [3.63, 3.8) is 0 Å². The number of carbonyl (C=O) groups is 1. The Kier molecular flexibility index (Phi) is 6.97. The molecule has 0 N–H and O–H groups in total. The van der Waals surface area contributed by atoms with Gasteiger partial charge in [-0.05, 0) is 50.5 Å². The highest BCUT2D eigenvalue weighted by Crippen LogP contribution is 2.29. The highest BCUT2D eigenvalue weighted by atomic mass is 19.4. The van der Waals surface area contributed by atoms with Crippen molar-refractivity contribution < 1.29 is 22.7 Å². The molecule has 1 amide bonds. The number of halogens is 3. The minimum atomic E-state index is -4.46. The maximum atomic E-state index is 13.4. The van der Waals surface area contributed by atoms with Crippen molar-refractivity contribution in [3.05, 3.63) is 70.9 Å². The van der Waals surface area contributed by atoms with Gasteiger partial charge in [-0.2, -0.15) is 18.3 Å². The molecule has 0 radical (unpaired) electrons. The lowest BCUT2D eigenvalue weighted by Gasteiger charge is -2.25. The number of aromatic nitrogens is 4. The summed E-state index contributed by atoms with van der Waals surface area (Å²) in [7, 11) is 0. The monoisotopic (exact) mass is 473 g/mol. The Hall–Kier alpha value is -3.27. The van der Waals surface area contributed by atoms with Gasteiger partial charge in [0.05, 0.1) is 23.8 Å². The van der Waals surface area contributed by atoms with Gasteiger partial charge < -0.3 is 9.64 Å². The van der Waals surface area contributed by atoms with Crippen LogP contribution in [0.25, 0.3) is 5.82 Å². The Morgan fingerprint density at radius 2 is 2.06 bits per heavy atom. The van der Waals surface area contributed by atoms with E-state index in [0.29, 0.717) is 31.1 Å². The van der Waals surface area contributed by atoms with E-state index in [1.807, 2.05) is 12.1 Å². The first-order valence-electron chi connectivity index (χ1n) is 11.1. The van der Waals surface area contributed by atoms with E-state index in [-0.39, 0.29) is 24.2 Å². The van der Waals surface area contributed by atoms with Crippen LogP contribution < -0.4 is 0 Å². The van der Waals surface area contributed by atoms with E-state index in [0.717, 1.165) is 36.2 Å². The van der Waals surface area contributed by atoms with Gasteiger partial charge in [0.15, 0.2) is 5.82 Å². The van der Waals surface area contributed by atoms with Gasteiger partial charge in [-0.1, -0.05) is 6.07 Å². The predicted octanol–water partition coefficient (Wildman–Crippen LogP) is 4.05. The normalized spacial score (nSPS) is 16.1. The second kappa shape index (κ2) is 9.92. The number of nitrogens with zero attached hydrogens (tertiary/aromatic N) is 5. The number of pyridine rings is 2. The maximum Gasteiger partial charge on any atom is 0.417 e. The summed E-state index contributed by atoms with van der Waals surface area (Å²) >= 11 is 0. The van der Waals surface area contributed by atoms with Crippen molar-refractivity contribution in [1.29, 1.82) is 0 Å². The lowest BCUT2D eigenvalue weighted by atomic mass is 10.1. The van der Waals surface area contributed by atoms with E-state index >= 15 is 0 Å². The molecule has 3 aromatic rings. The van der Waals surface area contributed by atoms with Crippen LogP contribution in [0.15, 0.2) is 42.9 Å². The SMILES string of the molecule is Cc1nn(-c2ccc(C(F)(F)F)cn2)c(C)c1CC(=O)N(Cc1cccnc1)C[C@@H]1CCCO1. The summed E-state index contributed by atoms with van der Waals surface area (Å²) in [4.78, 5) is 23.2. The molecular weight excluding hydrogens is 447 g/mol. The minimum absolute atomic E-state index is 0.00175. The van der Waals surface area contributed by atoms with Gasteiger partial charge in [-0.3, -0.25) is 9.78 Å². The van der Waals surface area contributed by atoms with Gasteiger partial charge in [-0.25, -0.2) is 9.67 Å². The second-order valence-electron chi connectivity index (χ2n) is 8.41. The summed E-state index contributed by atoms with van der Waals surface area (Å²) in [5, 5.41) is 4.44. The first-order valence-corrected chi connectivity index (χ1v) is 11.1. The van der Waals surface area contributed by atoms with Gasteiger partial charge in [0.2, 0.25) is 5.91 Å². The Bertz CT molecular complexity index is 1120. The number of aryl methyl sites for hydroxylation is 1. The summed E-state index contributed by atoms with van der Waals surface area (Å²) in [5.41, 5.74) is 2.12. The molecule has 1 saturated heterocycles. The molecule has 3 aromatic heterocycles. The fourth-order valence-corrected chi connectivity index (χ4v) is 4.10. The molecule has 0 spiro atoms. The van der Waals surface area contributed by atoms with Crippen molar-refractivity contribution in [2.24, 2.45) is 0 Å². The van der Waals surface area contributed by atoms with Crippen LogP contribution in [-0.4, -0.2) is 49.8 Å². The Morgan fingerprint density at radius 1 is 1.24 bits per heavy atom. The molecule has 34 heavy (non-hydrogen) atoms. The summed E-state index contributed by atoms with van der Waals surface area (Å²) in [6, 6.07) is 6.01. The van der Waals surface area contributed by atoms with E-state index in [2.05, 4.69) is 15.1 Å². The fraction of sp³-hybridized carbons (Fsp3) is 0.417. The first kappa shape index (κ1) is 23.9. The number of ether oxygens (including phenoxy) is 1. The molecule has 1 aliphatic rings. The van der Waals surface area contributed by atoms with Crippen LogP contribution in [0.3, 0.4) is 0 Å². The molecule has 0 saturated carbocycles. The fourth-order valence-electron chi connectivity index (χ4n) is 4.10. The van der Waals surface area contributed by atoms with Crippen LogP contribution in [-0.2, 0) is 28.7 Å². The van der Waals surface area contributed by atoms with Crippen LogP contribution in [0, 0.1) is 13.8 Å². The van der Waals surface area contributed by atoms with E-state index in [4.69, 9.17) is 4.74 Å². The number of amides is 1. The van der Waals surface area contributed by atoms with Gasteiger partial charge in [-0.15, -0.1) is 0 Å². The van der Waals surface area contributed by atoms with Crippen molar-refractivity contribution in [2.75, 3.05) is 13.2 Å². The standard InChI is InChI=1S/C24H26F3N5O2/c1-16-21(17(2)32(30-16)22-8-7-19(13-29-22)24(25,26)27)11-23(33)31(15-20-6-4-10-34-20)14-18-5-3-9-28-12-18/h3,5,7-9,12-13,20H,4,6,10-11,14-15H2,1-2H3/t20-/m0/s1. The smallest absolute Gasteiger partial charge is 0.376 e. The third kappa shape index (κ3) is 5.44. The topological polar surface area (TPSA) is 73.1 Å². The van der Waals surface area contributed by atoms with Gasteiger partial charge >= 0.3 is 6.18 Å². The van der Waals surface area contributed by atoms with Gasteiger partial charge in [0, 0.05) is 49.5 Å². The highest BCUT2D eigenvalue weighted by molar-refractivity contribution is 5.79. The van der Waals surface area contributed by atoms with Crippen molar-refractivity contribution >= 4 is 5.91 Å². The quantitative estimate of drug-likeness (QED) is 0.518. The highest BCUT2D eigenvalue weighted by Gasteiger charge is 2.31. The molecule has 0 aliphatic carbocycles. The Labute approximate surface area is 195 Å². The van der Waals surface area contributed by atoms with Crippen molar-refractivity contribution in [2.45, 2.75) is 51.9 Å². The molecule has 4 heterocycles. The molecule has 1 aliphatic heterocycles. The largest absolute Gasteiger partial charge is 0.417 e. The summed E-state index contributed by atoms with van der Waals surface area (Å²) in [5.74, 6) is 0.185.